The first kappa shape index (κ1) is 18.9. The minimum absolute atomic E-state index is 0.138. The molecule has 0 radical (unpaired) electrons. The van der Waals surface area contributed by atoms with E-state index in [1.54, 1.807) is 0 Å². The first-order valence-corrected chi connectivity index (χ1v) is 7.59. The average Bonchev–Trinajstić information content (AvgIpc) is 2.43. The number of ether oxygens (including phenoxy) is 1. The summed E-state index contributed by atoms with van der Waals surface area (Å²) in [5, 5.41) is 11.7. The molecule has 0 heterocycles. The van der Waals surface area contributed by atoms with Gasteiger partial charge in [-0.15, -0.1) is 0 Å². The highest BCUT2D eigenvalue weighted by atomic mass is 19.1. The van der Waals surface area contributed by atoms with Crippen LogP contribution in [-0.2, 0) is 9.59 Å². The van der Waals surface area contributed by atoms with Gasteiger partial charge >= 0.3 is 5.97 Å². The highest BCUT2D eigenvalue weighted by Crippen LogP contribution is 2.21. The number of carbonyl (C=O) groups excluding carboxylic acids is 1. The highest BCUT2D eigenvalue weighted by Gasteiger charge is 2.20. The second kappa shape index (κ2) is 8.50. The molecule has 0 aliphatic heterocycles. The molecular formula is C17H24FNO4. The lowest BCUT2D eigenvalue weighted by Crippen LogP contribution is -2.40. The van der Waals surface area contributed by atoms with Gasteiger partial charge in [-0.25, -0.2) is 9.18 Å². The maximum Gasteiger partial charge on any atom is 0.346 e. The van der Waals surface area contributed by atoms with Crippen molar-refractivity contribution in [1.82, 2.24) is 5.32 Å². The van der Waals surface area contributed by atoms with Crippen LogP contribution in [0.15, 0.2) is 24.3 Å². The molecule has 0 saturated carbocycles. The van der Waals surface area contributed by atoms with E-state index in [4.69, 9.17) is 9.84 Å². The van der Waals surface area contributed by atoms with E-state index in [2.05, 4.69) is 26.1 Å². The largest absolute Gasteiger partial charge is 0.478 e. The minimum atomic E-state index is -1.22. The molecule has 2 N–H and O–H groups in total. The quantitative estimate of drug-likeness (QED) is 0.770. The standard InChI is InChI=1S/C17H24FNO4/c1-17(2,3)10-4-5-15(20)19-11-14(16(21)22)23-13-8-6-12(18)7-9-13/h6-9,14H,4-5,10-11H2,1-3H3,(H,19,20)(H,21,22). The van der Waals surface area contributed by atoms with Gasteiger partial charge in [0.2, 0.25) is 12.0 Å². The van der Waals surface area contributed by atoms with Crippen LogP contribution in [0.25, 0.3) is 0 Å². The maximum absolute atomic E-state index is 12.8. The van der Waals surface area contributed by atoms with Crippen LogP contribution in [0.3, 0.4) is 0 Å². The van der Waals surface area contributed by atoms with Gasteiger partial charge < -0.3 is 15.2 Å². The lowest BCUT2D eigenvalue weighted by atomic mass is 9.90. The van der Waals surface area contributed by atoms with Gasteiger partial charge in [0.1, 0.15) is 11.6 Å². The molecule has 1 atom stereocenters. The Balaban J connectivity index is 2.42. The zero-order chi connectivity index (χ0) is 17.5. The van der Waals surface area contributed by atoms with Crippen LogP contribution in [-0.4, -0.2) is 29.6 Å². The fourth-order valence-corrected chi connectivity index (χ4v) is 1.93. The summed E-state index contributed by atoms with van der Waals surface area (Å²) in [6, 6.07) is 5.05. The number of carboxylic acid groups (broad SMARTS) is 1. The molecule has 1 amide bonds. The number of hydrogen-bond acceptors (Lipinski definition) is 3. The zero-order valence-corrected chi connectivity index (χ0v) is 13.8. The Labute approximate surface area is 135 Å². The van der Waals surface area contributed by atoms with E-state index < -0.39 is 17.9 Å². The van der Waals surface area contributed by atoms with Crippen molar-refractivity contribution in [3.8, 4) is 5.75 Å². The Morgan fingerprint density at radius 2 is 1.87 bits per heavy atom. The summed E-state index contributed by atoms with van der Waals surface area (Å²) in [4.78, 5) is 22.9. The molecule has 0 fully saturated rings. The normalized spacial score (nSPS) is 12.5. The number of carbonyl (C=O) groups is 2. The summed E-state index contributed by atoms with van der Waals surface area (Å²) in [6.45, 7) is 6.16. The zero-order valence-electron chi connectivity index (χ0n) is 13.8. The van der Waals surface area contributed by atoms with Crippen molar-refractivity contribution in [2.45, 2.75) is 46.1 Å². The van der Waals surface area contributed by atoms with Gasteiger partial charge in [-0.2, -0.15) is 0 Å². The lowest BCUT2D eigenvalue weighted by Gasteiger charge is -2.18. The number of amides is 1. The van der Waals surface area contributed by atoms with Crippen molar-refractivity contribution in [3.05, 3.63) is 30.1 Å². The predicted molar refractivity (Wildman–Crippen MR) is 84.8 cm³/mol. The summed E-state index contributed by atoms with van der Waals surface area (Å²) in [5.74, 6) is -1.59. The third kappa shape index (κ3) is 8.18. The van der Waals surface area contributed by atoms with Crippen molar-refractivity contribution in [2.24, 2.45) is 5.41 Å². The van der Waals surface area contributed by atoms with Gasteiger partial charge in [0, 0.05) is 6.42 Å². The average molecular weight is 325 g/mol. The van der Waals surface area contributed by atoms with Crippen molar-refractivity contribution in [1.29, 1.82) is 0 Å². The van der Waals surface area contributed by atoms with E-state index >= 15 is 0 Å². The minimum Gasteiger partial charge on any atom is -0.478 e. The summed E-state index contributed by atoms with van der Waals surface area (Å²) in [5.41, 5.74) is 0.162. The highest BCUT2D eigenvalue weighted by molar-refractivity contribution is 5.78. The molecule has 5 nitrogen and oxygen atoms in total. The molecule has 0 aliphatic rings. The van der Waals surface area contributed by atoms with Gasteiger partial charge in [-0.3, -0.25) is 4.79 Å². The summed E-state index contributed by atoms with van der Waals surface area (Å²) in [7, 11) is 0. The maximum atomic E-state index is 12.8. The monoisotopic (exact) mass is 325 g/mol. The van der Waals surface area contributed by atoms with E-state index in [0.29, 0.717) is 6.42 Å². The van der Waals surface area contributed by atoms with E-state index in [9.17, 15) is 14.0 Å². The van der Waals surface area contributed by atoms with E-state index in [-0.39, 0.29) is 23.6 Å². The number of hydrogen-bond donors (Lipinski definition) is 2. The molecule has 1 rings (SSSR count). The van der Waals surface area contributed by atoms with Gasteiger partial charge in [0.15, 0.2) is 0 Å². The molecule has 23 heavy (non-hydrogen) atoms. The fraction of sp³-hybridized carbons (Fsp3) is 0.529. The van der Waals surface area contributed by atoms with Crippen LogP contribution >= 0.6 is 0 Å². The Kier molecular flexibility index (Phi) is 7.00. The molecule has 0 aliphatic carbocycles. The smallest absolute Gasteiger partial charge is 0.346 e. The molecule has 128 valence electrons. The predicted octanol–water partition coefficient (Wildman–Crippen LogP) is 2.99. The summed E-state index contributed by atoms with van der Waals surface area (Å²) < 4.78 is 18.1. The Morgan fingerprint density at radius 1 is 1.26 bits per heavy atom. The van der Waals surface area contributed by atoms with Crippen LogP contribution in [0.2, 0.25) is 0 Å². The van der Waals surface area contributed by atoms with Crippen LogP contribution in [0.4, 0.5) is 4.39 Å². The summed E-state index contributed by atoms with van der Waals surface area (Å²) in [6.07, 6.45) is 0.785. The van der Waals surface area contributed by atoms with Gasteiger partial charge in [0.05, 0.1) is 6.54 Å². The fourth-order valence-electron chi connectivity index (χ4n) is 1.93. The van der Waals surface area contributed by atoms with E-state index in [1.807, 2.05) is 0 Å². The second-order valence-corrected chi connectivity index (χ2v) is 6.62. The van der Waals surface area contributed by atoms with Crippen molar-refractivity contribution >= 4 is 11.9 Å². The van der Waals surface area contributed by atoms with Crippen LogP contribution in [0.1, 0.15) is 40.0 Å². The van der Waals surface area contributed by atoms with Crippen LogP contribution < -0.4 is 10.1 Å². The Hall–Kier alpha value is -2.11. The molecule has 0 saturated heterocycles. The van der Waals surface area contributed by atoms with E-state index in [0.717, 1.165) is 12.8 Å². The number of carboxylic acids is 1. The number of rotatable bonds is 8. The van der Waals surface area contributed by atoms with Gasteiger partial charge in [-0.1, -0.05) is 20.8 Å². The second-order valence-electron chi connectivity index (χ2n) is 6.62. The third-order valence-corrected chi connectivity index (χ3v) is 3.18. The number of halogens is 1. The SMILES string of the molecule is CC(C)(C)CCCC(=O)NCC(Oc1ccc(F)cc1)C(=O)O. The molecule has 1 aromatic carbocycles. The van der Waals surface area contributed by atoms with Crippen molar-refractivity contribution in [3.63, 3.8) is 0 Å². The Bertz CT molecular complexity index is 522. The van der Waals surface area contributed by atoms with Crippen molar-refractivity contribution < 1.29 is 23.8 Å². The number of aliphatic carboxylic acids is 1. The molecule has 6 heteroatoms. The van der Waals surface area contributed by atoms with Crippen LogP contribution in [0.5, 0.6) is 5.75 Å². The third-order valence-electron chi connectivity index (χ3n) is 3.18. The lowest BCUT2D eigenvalue weighted by molar-refractivity contribution is -0.145. The molecular weight excluding hydrogens is 301 g/mol. The van der Waals surface area contributed by atoms with Crippen LogP contribution in [0, 0.1) is 11.2 Å². The first-order valence-electron chi connectivity index (χ1n) is 7.59. The molecule has 0 bridgehead atoms. The topological polar surface area (TPSA) is 75.6 Å². The van der Waals surface area contributed by atoms with Crippen molar-refractivity contribution in [2.75, 3.05) is 6.54 Å². The molecule has 1 unspecified atom stereocenters. The molecule has 1 aromatic rings. The first-order chi connectivity index (χ1) is 10.7. The molecule has 0 spiro atoms. The Morgan fingerprint density at radius 3 is 2.39 bits per heavy atom. The number of nitrogens with one attached hydrogen (secondary N) is 1. The molecule has 0 aromatic heterocycles. The van der Waals surface area contributed by atoms with Gasteiger partial charge in [0.25, 0.3) is 0 Å². The van der Waals surface area contributed by atoms with E-state index in [1.165, 1.54) is 24.3 Å². The summed E-state index contributed by atoms with van der Waals surface area (Å²) >= 11 is 0. The van der Waals surface area contributed by atoms with Gasteiger partial charge in [-0.05, 0) is 42.5 Å². The number of benzene rings is 1.